The molecular formula is C17H10F6N2+. The zero-order chi connectivity index (χ0) is 18.4. The van der Waals surface area contributed by atoms with E-state index in [2.05, 4.69) is 11.2 Å². The van der Waals surface area contributed by atoms with Crippen molar-refractivity contribution in [1.29, 1.82) is 0 Å². The van der Waals surface area contributed by atoms with E-state index in [0.29, 0.717) is 0 Å². The molecule has 0 saturated carbocycles. The molecule has 25 heavy (non-hydrogen) atoms. The minimum Gasteiger partial charge on any atom is -0.204 e. The molecule has 0 aliphatic carbocycles. The van der Waals surface area contributed by atoms with Crippen LogP contribution in [0.2, 0.25) is 0 Å². The molecule has 1 aliphatic rings. The maximum Gasteiger partial charge on any atom is 0.439 e. The number of hydrogen-bond acceptors (Lipinski definition) is 1. The molecule has 3 rings (SSSR count). The van der Waals surface area contributed by atoms with Gasteiger partial charge in [-0.1, -0.05) is 17.2 Å². The molecule has 1 atom stereocenters. The smallest absolute Gasteiger partial charge is 0.204 e. The zero-order valence-electron chi connectivity index (χ0n) is 12.7. The van der Waals surface area contributed by atoms with Gasteiger partial charge in [0, 0.05) is 11.6 Å². The molecule has 0 N–H and O–H groups in total. The van der Waals surface area contributed by atoms with Crippen LogP contribution in [0, 0.1) is 23.5 Å². The molecule has 0 spiro atoms. The van der Waals surface area contributed by atoms with Crippen LogP contribution >= 0.6 is 0 Å². The predicted molar refractivity (Wildman–Crippen MR) is 80.8 cm³/mol. The number of allylic oxidation sites excluding steroid dienone is 1. The Kier molecular flexibility index (Phi) is 3.95. The summed E-state index contributed by atoms with van der Waals surface area (Å²) in [6.45, 7) is 0. The van der Waals surface area contributed by atoms with E-state index in [1.807, 2.05) is 0 Å². The number of hydrogen-bond donors (Lipinski definition) is 0. The third kappa shape index (κ3) is 3.05. The highest BCUT2D eigenvalue weighted by molar-refractivity contribution is 5.98. The number of rotatable bonds is 2. The second kappa shape index (κ2) is 5.73. The van der Waals surface area contributed by atoms with Crippen molar-refractivity contribution in [2.75, 3.05) is 7.05 Å². The number of halogens is 6. The Hall–Kier alpha value is -2.61. The minimum absolute atomic E-state index is 0.0181. The van der Waals surface area contributed by atoms with Crippen LogP contribution in [-0.4, -0.2) is 18.9 Å². The van der Waals surface area contributed by atoms with Gasteiger partial charge in [0.05, 0.1) is 6.08 Å². The van der Waals surface area contributed by atoms with Gasteiger partial charge >= 0.3 is 6.18 Å². The summed E-state index contributed by atoms with van der Waals surface area (Å²) in [4.78, 5) is 0. The second-order valence-corrected chi connectivity index (χ2v) is 5.52. The van der Waals surface area contributed by atoms with Gasteiger partial charge in [-0.3, -0.25) is 0 Å². The summed E-state index contributed by atoms with van der Waals surface area (Å²) < 4.78 is 78.1. The number of benzene rings is 2. The molecule has 1 aliphatic heterocycles. The topological polar surface area (TPSA) is 12.4 Å². The van der Waals surface area contributed by atoms with Crippen LogP contribution in [0.15, 0.2) is 47.7 Å². The van der Waals surface area contributed by atoms with Crippen molar-refractivity contribution in [1.82, 2.24) is 4.59 Å². The lowest BCUT2D eigenvalue weighted by Crippen LogP contribution is -2.32. The molecule has 0 amide bonds. The van der Waals surface area contributed by atoms with E-state index in [1.165, 1.54) is 19.2 Å². The van der Waals surface area contributed by atoms with Crippen molar-refractivity contribution < 1.29 is 26.3 Å². The maximum absolute atomic E-state index is 13.5. The maximum atomic E-state index is 13.5. The first-order chi connectivity index (χ1) is 11.6. The monoisotopic (exact) mass is 356 g/mol. The molecule has 1 unspecified atom stereocenters. The first-order valence-electron chi connectivity index (χ1n) is 7.01. The first kappa shape index (κ1) is 17.2. The molecule has 129 valence electrons. The molecule has 8 heteroatoms. The van der Waals surface area contributed by atoms with Crippen LogP contribution in [-0.2, 0) is 0 Å². The van der Waals surface area contributed by atoms with Gasteiger partial charge < -0.3 is 0 Å². The van der Waals surface area contributed by atoms with Gasteiger partial charge in [0.1, 0.15) is 13.2 Å². The van der Waals surface area contributed by atoms with Crippen molar-refractivity contribution in [2.24, 2.45) is 5.10 Å². The average Bonchev–Trinajstić information content (AvgIpc) is 2.96. The van der Waals surface area contributed by atoms with E-state index in [1.54, 1.807) is 12.1 Å². The highest BCUT2D eigenvalue weighted by Crippen LogP contribution is 2.38. The summed E-state index contributed by atoms with van der Waals surface area (Å²) >= 11 is 0. The highest BCUT2D eigenvalue weighted by atomic mass is 19.4. The lowest BCUT2D eigenvalue weighted by atomic mass is 10.0. The van der Waals surface area contributed by atoms with E-state index in [0.717, 1.165) is 18.3 Å². The van der Waals surface area contributed by atoms with E-state index >= 15 is 0 Å². The van der Waals surface area contributed by atoms with E-state index in [-0.39, 0.29) is 16.8 Å². The number of nitrogens with zero attached hydrogens (tertiary/aromatic N) is 2. The molecule has 0 fully saturated rings. The molecule has 2 aromatic carbocycles. The third-order valence-electron chi connectivity index (χ3n) is 3.72. The van der Waals surface area contributed by atoms with Crippen molar-refractivity contribution >= 4 is 11.4 Å². The van der Waals surface area contributed by atoms with Gasteiger partial charge in [-0.25, -0.2) is 13.2 Å². The summed E-state index contributed by atoms with van der Waals surface area (Å²) in [6, 6.07) is 7.58. The third-order valence-corrected chi connectivity index (χ3v) is 3.72. The van der Waals surface area contributed by atoms with E-state index in [4.69, 9.17) is 0 Å². The molecule has 0 saturated heterocycles. The predicted octanol–water partition coefficient (Wildman–Crippen LogP) is 4.96. The van der Waals surface area contributed by atoms with Crippen molar-refractivity contribution in [2.45, 2.75) is 6.18 Å². The van der Waals surface area contributed by atoms with Crippen molar-refractivity contribution in [3.63, 3.8) is 0 Å². The molecule has 0 aromatic heterocycles. The summed E-state index contributed by atoms with van der Waals surface area (Å²) in [7, 11) is 1.36. The Labute approximate surface area is 138 Å². The lowest BCUT2D eigenvalue weighted by molar-refractivity contribution is -0.0584. The van der Waals surface area contributed by atoms with Crippen LogP contribution in [0.5, 0.6) is 0 Å². The fourth-order valence-electron chi connectivity index (χ4n) is 2.54. The van der Waals surface area contributed by atoms with Crippen molar-refractivity contribution in [3.05, 3.63) is 66.1 Å². The van der Waals surface area contributed by atoms with Crippen molar-refractivity contribution in [3.8, 4) is 11.1 Å². The largest absolute Gasteiger partial charge is 0.439 e. The van der Waals surface area contributed by atoms with Gasteiger partial charge in [0.25, 0.3) is 0 Å². The van der Waals surface area contributed by atoms with Gasteiger partial charge in [-0.15, -0.1) is 4.59 Å². The van der Waals surface area contributed by atoms with Gasteiger partial charge in [-0.2, -0.15) is 13.2 Å². The summed E-state index contributed by atoms with van der Waals surface area (Å²) in [6.07, 6.45) is -1.53. The molecule has 0 bridgehead atoms. The number of alkyl halides is 3. The quantitative estimate of drug-likeness (QED) is 0.410. The van der Waals surface area contributed by atoms with Gasteiger partial charge in [0.2, 0.25) is 5.71 Å². The standard InChI is InChI=1S/C17H10F6N2/c1-25(7-6-15(24-25)17(21,22)23)14-5-3-2-4-11(14)10-8-12(18)16(20)13(19)9-10/h2-5,7-9H,1H3/q+1. The van der Waals surface area contributed by atoms with Gasteiger partial charge in [0.15, 0.2) is 23.1 Å². The normalized spacial score (nSPS) is 20.0. The van der Waals surface area contributed by atoms with E-state index < -0.39 is 33.9 Å². The molecule has 2 nitrogen and oxygen atoms in total. The Morgan fingerprint density at radius 3 is 2.16 bits per heavy atom. The average molecular weight is 356 g/mol. The summed E-state index contributed by atoms with van der Waals surface area (Å²) in [5.41, 5.74) is -0.774. The van der Waals surface area contributed by atoms with E-state index in [9.17, 15) is 26.3 Å². The van der Waals surface area contributed by atoms with Crippen LogP contribution in [0.4, 0.5) is 32.0 Å². The number of para-hydroxylation sites is 1. The fraction of sp³-hybridized carbons (Fsp3) is 0.118. The fourth-order valence-corrected chi connectivity index (χ4v) is 2.54. The Morgan fingerprint density at radius 1 is 1.00 bits per heavy atom. The summed E-state index contributed by atoms with van der Waals surface area (Å²) in [5, 5.41) is 3.61. The SMILES string of the molecule is C[N+]1(c2ccccc2-c2cc(F)c(F)c(F)c2)C=[C]C(C(F)(F)F)=N1. The van der Waals surface area contributed by atoms with Crippen LogP contribution in [0.25, 0.3) is 11.1 Å². The Morgan fingerprint density at radius 2 is 1.60 bits per heavy atom. The zero-order valence-corrected chi connectivity index (χ0v) is 12.7. The molecule has 1 heterocycles. The molecule has 2 aromatic rings. The van der Waals surface area contributed by atoms with Gasteiger partial charge in [-0.05, 0) is 23.8 Å². The summed E-state index contributed by atoms with van der Waals surface area (Å²) in [5.74, 6) is -4.40. The van der Waals surface area contributed by atoms with Crippen LogP contribution in [0.3, 0.4) is 0 Å². The Bertz CT molecular complexity index is 877. The second-order valence-electron chi connectivity index (χ2n) is 5.52. The lowest BCUT2D eigenvalue weighted by Gasteiger charge is -2.23. The Balaban J connectivity index is 2.16. The van der Waals surface area contributed by atoms with Crippen LogP contribution in [0.1, 0.15) is 0 Å². The first-order valence-corrected chi connectivity index (χ1v) is 7.01. The minimum atomic E-state index is -4.67. The van der Waals surface area contributed by atoms with Crippen LogP contribution < -0.4 is 4.59 Å². The molecule has 1 radical (unpaired) electrons. The highest BCUT2D eigenvalue weighted by Gasteiger charge is 2.43. The number of quaternary nitrogens is 1. The molecular weight excluding hydrogens is 346 g/mol.